The Hall–Kier alpha value is -8.14. The van der Waals surface area contributed by atoms with Crippen LogP contribution in [0.4, 0.5) is 17.1 Å². The third-order valence-electron chi connectivity index (χ3n) is 10.7. The lowest BCUT2D eigenvalue weighted by molar-refractivity contribution is 0.670. The molecule has 0 saturated carbocycles. The fourth-order valence-corrected chi connectivity index (χ4v) is 8.05. The number of anilines is 3. The van der Waals surface area contributed by atoms with E-state index < -0.39 is 165 Å². The number of nitrogens with zero attached hydrogens (tertiary/aromatic N) is 2. The van der Waals surface area contributed by atoms with Crippen LogP contribution in [0.2, 0.25) is 0 Å². The van der Waals surface area contributed by atoms with E-state index in [9.17, 15) is 11.0 Å². The highest BCUT2D eigenvalue weighted by Gasteiger charge is 2.23. The molecule has 0 aliphatic heterocycles. The second-order valence-corrected chi connectivity index (χ2v) is 14.1. The summed E-state index contributed by atoms with van der Waals surface area (Å²) in [6.07, 6.45) is 0. The summed E-state index contributed by atoms with van der Waals surface area (Å²) in [6, 6.07) is 16.6. The minimum absolute atomic E-state index is 0.0706. The van der Waals surface area contributed by atoms with Gasteiger partial charge in [0.25, 0.3) is 0 Å². The van der Waals surface area contributed by atoms with Crippen molar-refractivity contribution in [1.29, 1.82) is 0 Å². The van der Waals surface area contributed by atoms with Crippen molar-refractivity contribution in [3.05, 3.63) is 230 Å². The van der Waals surface area contributed by atoms with Crippen molar-refractivity contribution < 1.29 is 31.8 Å². The molecule has 2 aromatic heterocycles. The standard InChI is InChI=1S/C58H38N2O/c1-2-15-39(16-3-1)40-29-33-43(34-30-40)59(44-35-31-42(32-36-44)47-24-14-18-41-17-4-5-19-46(41)47)45-37-52(58-53(38-45)51-23-9-13-28-57(51)61-58)50-22-8-12-27-56(50)60-54-25-10-6-20-48(54)49-21-7-11-26-55(49)60/h1-38H/i1D,2D,3D,4D,5D,14D,15D,16D,17D,18D,19D,24D,29D,30D,31D,32D,33D,34D,35D,36D. The fourth-order valence-electron chi connectivity index (χ4n) is 8.05. The Morgan fingerprint density at radius 3 is 1.74 bits per heavy atom. The third kappa shape index (κ3) is 5.82. The maximum absolute atomic E-state index is 9.94. The van der Waals surface area contributed by atoms with E-state index in [1.54, 1.807) is 36.4 Å². The van der Waals surface area contributed by atoms with Gasteiger partial charge in [0.1, 0.15) is 11.2 Å². The first-order valence-electron chi connectivity index (χ1n) is 29.2. The SMILES string of the molecule is [2H]c1c([2H])c([2H])c(-c2c([2H])c([2H])c(N(c3cc(-c4ccccc4-n4c5ccccc5c5ccccc54)c4oc5ccccc5c4c3)c3c([2H])c([2H])c(-c4c([2H])c([2H])c([2H])c5c([2H])c([2H])c([2H])c([2H])c45)c([2H])c3[2H])c([2H])c2[2H])c([2H])c1[2H]. The summed E-state index contributed by atoms with van der Waals surface area (Å²) in [5.74, 6) is 0. The minimum Gasteiger partial charge on any atom is -0.455 e. The number of rotatable bonds is 7. The smallest absolute Gasteiger partial charge is 0.143 e. The van der Waals surface area contributed by atoms with Crippen LogP contribution < -0.4 is 4.90 Å². The van der Waals surface area contributed by atoms with Gasteiger partial charge in [0.15, 0.2) is 0 Å². The molecule has 286 valence electrons. The molecular formula is C58H38N2O. The Balaban J connectivity index is 1.23. The van der Waals surface area contributed by atoms with E-state index in [2.05, 4.69) is 4.57 Å². The van der Waals surface area contributed by atoms with Crippen LogP contribution in [-0.4, -0.2) is 4.57 Å². The molecule has 3 nitrogen and oxygen atoms in total. The van der Waals surface area contributed by atoms with Crippen molar-refractivity contribution in [3.8, 4) is 39.1 Å². The van der Waals surface area contributed by atoms with Crippen LogP contribution in [0.1, 0.15) is 27.4 Å². The van der Waals surface area contributed by atoms with Crippen molar-refractivity contribution in [2.24, 2.45) is 0 Å². The number of aromatic nitrogens is 1. The van der Waals surface area contributed by atoms with Crippen LogP contribution in [0.5, 0.6) is 0 Å². The van der Waals surface area contributed by atoms with E-state index in [1.165, 1.54) is 0 Å². The number of para-hydroxylation sites is 4. The van der Waals surface area contributed by atoms with Crippen molar-refractivity contribution >= 4 is 71.6 Å². The van der Waals surface area contributed by atoms with Crippen LogP contribution >= 0.6 is 0 Å². The Bertz CT molecular complexity index is 4650. The van der Waals surface area contributed by atoms with Gasteiger partial charge in [-0.1, -0.05) is 169 Å². The number of furan rings is 1. The predicted octanol–water partition coefficient (Wildman–Crippen LogP) is 16.3. The molecular weight excluding hydrogens is 741 g/mol. The molecule has 3 heteroatoms. The molecule has 0 aliphatic carbocycles. The van der Waals surface area contributed by atoms with Crippen LogP contribution in [0.15, 0.2) is 234 Å². The summed E-state index contributed by atoms with van der Waals surface area (Å²) in [4.78, 5) is 1.01. The summed E-state index contributed by atoms with van der Waals surface area (Å²) in [7, 11) is 0. The van der Waals surface area contributed by atoms with E-state index >= 15 is 0 Å². The minimum atomic E-state index is -0.923. The Labute approximate surface area is 381 Å². The molecule has 2 heterocycles. The first-order valence-corrected chi connectivity index (χ1v) is 19.2. The number of fused-ring (bicyclic) bond motifs is 7. The molecule has 12 aromatic rings. The molecule has 0 bridgehead atoms. The Morgan fingerprint density at radius 1 is 0.393 bits per heavy atom. The molecule has 0 atom stereocenters. The van der Waals surface area contributed by atoms with Crippen LogP contribution in [-0.2, 0) is 0 Å². The zero-order valence-corrected chi connectivity index (χ0v) is 31.7. The third-order valence-corrected chi connectivity index (χ3v) is 10.7. The average Bonchev–Trinajstić information content (AvgIpc) is 3.56. The van der Waals surface area contributed by atoms with Gasteiger partial charge in [-0.15, -0.1) is 0 Å². The maximum atomic E-state index is 9.94. The molecule has 0 fully saturated rings. The van der Waals surface area contributed by atoms with E-state index in [0.29, 0.717) is 38.8 Å². The monoisotopic (exact) mass is 798 g/mol. The van der Waals surface area contributed by atoms with Gasteiger partial charge in [0.2, 0.25) is 0 Å². The van der Waals surface area contributed by atoms with Crippen molar-refractivity contribution in [2.45, 2.75) is 0 Å². The lowest BCUT2D eigenvalue weighted by Gasteiger charge is -2.27. The normalized spacial score (nSPS) is 16.2. The predicted molar refractivity (Wildman–Crippen MR) is 257 cm³/mol. The quantitative estimate of drug-likeness (QED) is 0.160. The van der Waals surface area contributed by atoms with Crippen LogP contribution in [0, 0.1) is 0 Å². The van der Waals surface area contributed by atoms with E-state index in [-0.39, 0.29) is 5.69 Å². The summed E-state index contributed by atoms with van der Waals surface area (Å²) < 4.78 is 191. The van der Waals surface area contributed by atoms with Crippen LogP contribution in [0.3, 0.4) is 0 Å². The molecule has 0 aliphatic rings. The molecule has 0 spiro atoms. The molecule has 10 aromatic carbocycles. The molecule has 0 N–H and O–H groups in total. The fraction of sp³-hybridized carbons (Fsp3) is 0. The second kappa shape index (κ2) is 14.3. The number of hydrogen-bond donors (Lipinski definition) is 0. The highest BCUT2D eigenvalue weighted by atomic mass is 16.3. The van der Waals surface area contributed by atoms with Gasteiger partial charge in [0.05, 0.1) is 44.1 Å². The average molecular weight is 799 g/mol. The van der Waals surface area contributed by atoms with Gasteiger partial charge in [0, 0.05) is 49.7 Å². The van der Waals surface area contributed by atoms with Gasteiger partial charge >= 0.3 is 0 Å². The largest absolute Gasteiger partial charge is 0.455 e. The zero-order chi connectivity index (χ0) is 57.7. The first-order chi connectivity index (χ1) is 38.6. The first kappa shape index (κ1) is 20.2. The Kier molecular flexibility index (Phi) is 4.74. The van der Waals surface area contributed by atoms with Gasteiger partial charge in [-0.25, -0.2) is 0 Å². The highest BCUT2D eigenvalue weighted by Crippen LogP contribution is 2.46. The van der Waals surface area contributed by atoms with Gasteiger partial charge < -0.3 is 13.9 Å². The van der Waals surface area contributed by atoms with Crippen molar-refractivity contribution in [3.63, 3.8) is 0 Å². The second-order valence-electron chi connectivity index (χ2n) is 14.1. The summed E-state index contributed by atoms with van der Waals surface area (Å²) in [6.45, 7) is 0. The summed E-state index contributed by atoms with van der Waals surface area (Å²) in [5.41, 5.74) is 0.0481. The summed E-state index contributed by atoms with van der Waals surface area (Å²) >= 11 is 0. The van der Waals surface area contributed by atoms with E-state index in [1.807, 2.05) is 72.8 Å². The number of benzene rings is 10. The van der Waals surface area contributed by atoms with Crippen molar-refractivity contribution in [1.82, 2.24) is 4.57 Å². The molecule has 61 heavy (non-hydrogen) atoms. The van der Waals surface area contributed by atoms with E-state index in [4.69, 9.17) is 20.9 Å². The molecule has 0 amide bonds. The lowest BCUT2D eigenvalue weighted by Crippen LogP contribution is -2.10. The van der Waals surface area contributed by atoms with Crippen molar-refractivity contribution in [2.75, 3.05) is 4.90 Å². The number of hydrogen-bond acceptors (Lipinski definition) is 2. The molecule has 0 unspecified atom stereocenters. The van der Waals surface area contributed by atoms with Gasteiger partial charge in [-0.3, -0.25) is 0 Å². The molecule has 0 saturated heterocycles. The van der Waals surface area contributed by atoms with Crippen LogP contribution in [0.25, 0.3) is 93.6 Å². The summed E-state index contributed by atoms with van der Waals surface area (Å²) in [5, 5.41) is 1.87. The van der Waals surface area contributed by atoms with E-state index in [0.717, 1.165) is 26.7 Å². The zero-order valence-electron chi connectivity index (χ0n) is 51.7. The molecule has 12 rings (SSSR count). The highest BCUT2D eigenvalue weighted by molar-refractivity contribution is 6.14. The Morgan fingerprint density at radius 2 is 0.984 bits per heavy atom. The maximum Gasteiger partial charge on any atom is 0.143 e. The molecule has 0 radical (unpaired) electrons. The van der Waals surface area contributed by atoms with Gasteiger partial charge in [-0.05, 0) is 93.6 Å². The lowest BCUT2D eigenvalue weighted by atomic mass is 9.97. The van der Waals surface area contributed by atoms with Gasteiger partial charge in [-0.2, -0.15) is 0 Å². The topological polar surface area (TPSA) is 21.3 Å².